The van der Waals surface area contributed by atoms with Crippen LogP contribution in [0.4, 0.5) is 0 Å². The summed E-state index contributed by atoms with van der Waals surface area (Å²) in [5.74, 6) is 0.897. The first-order valence-electron chi connectivity index (χ1n) is 6.17. The van der Waals surface area contributed by atoms with Gasteiger partial charge in [-0.15, -0.1) is 16.4 Å². The van der Waals surface area contributed by atoms with Gasteiger partial charge in [0.05, 0.1) is 6.54 Å². The van der Waals surface area contributed by atoms with E-state index in [2.05, 4.69) is 48.2 Å². The van der Waals surface area contributed by atoms with E-state index in [1.165, 1.54) is 22.2 Å². The zero-order valence-corrected chi connectivity index (χ0v) is 13.5. The Kier molecular flexibility index (Phi) is 4.52. The summed E-state index contributed by atoms with van der Waals surface area (Å²) in [6, 6.07) is 2.80. The molecule has 1 fully saturated rings. The molecule has 1 N–H and O–H groups in total. The zero-order chi connectivity index (χ0) is 13.1. The third-order valence-corrected chi connectivity index (χ3v) is 5.95. The highest BCUT2D eigenvalue weighted by Crippen LogP contribution is 2.29. The molecule has 8 heteroatoms. The molecule has 1 aliphatic carbocycles. The third-order valence-electron chi connectivity index (χ3n) is 2.86. The number of hydrogen-bond acceptors (Lipinski definition) is 6. The molecule has 2 aromatic rings. The average molecular weight is 360 g/mol. The van der Waals surface area contributed by atoms with Crippen molar-refractivity contribution in [1.82, 2.24) is 25.5 Å². The summed E-state index contributed by atoms with van der Waals surface area (Å²) in [4.78, 5) is 1.32. The maximum Gasteiger partial charge on any atom is 0.209 e. The van der Waals surface area contributed by atoms with Gasteiger partial charge in [-0.25, -0.2) is 4.68 Å². The van der Waals surface area contributed by atoms with Crippen LogP contribution in [0.5, 0.6) is 0 Å². The Morgan fingerprint density at radius 3 is 3.16 bits per heavy atom. The number of thioether (sulfide) groups is 1. The van der Waals surface area contributed by atoms with Gasteiger partial charge in [-0.2, -0.15) is 0 Å². The Labute approximate surface area is 128 Å². The molecule has 2 aromatic heterocycles. The Morgan fingerprint density at radius 1 is 1.53 bits per heavy atom. The molecule has 0 aromatic carbocycles. The van der Waals surface area contributed by atoms with E-state index >= 15 is 0 Å². The fourth-order valence-electron chi connectivity index (χ4n) is 1.66. The highest BCUT2D eigenvalue weighted by Gasteiger charge is 2.20. The smallest absolute Gasteiger partial charge is 0.209 e. The predicted octanol–water partition coefficient (Wildman–Crippen LogP) is 2.54. The molecule has 19 heavy (non-hydrogen) atoms. The number of rotatable bonds is 7. The first-order chi connectivity index (χ1) is 9.33. The molecule has 0 amide bonds. The molecule has 0 aliphatic heterocycles. The number of nitrogens with zero attached hydrogens (tertiary/aromatic N) is 4. The normalized spacial score (nSPS) is 15.0. The number of thiophene rings is 1. The van der Waals surface area contributed by atoms with Crippen LogP contribution in [0.1, 0.15) is 17.7 Å². The van der Waals surface area contributed by atoms with Crippen LogP contribution in [0.15, 0.2) is 21.1 Å². The Morgan fingerprint density at radius 2 is 2.42 bits per heavy atom. The van der Waals surface area contributed by atoms with Crippen molar-refractivity contribution < 1.29 is 0 Å². The van der Waals surface area contributed by atoms with Gasteiger partial charge in [0.25, 0.3) is 0 Å². The summed E-state index contributed by atoms with van der Waals surface area (Å²) in [5, 5.41) is 18.3. The standard InChI is InChI=1S/C11H14BrN5S2/c12-9-3-6-18-10(9)7-19-11-14-15-16-17(11)5-4-13-8-1-2-8/h3,6,8,13H,1-2,4-5,7H2. The van der Waals surface area contributed by atoms with E-state index in [0.717, 1.165) is 30.0 Å². The molecule has 3 rings (SSSR count). The zero-order valence-electron chi connectivity index (χ0n) is 10.3. The van der Waals surface area contributed by atoms with Crippen molar-refractivity contribution in [3.8, 4) is 0 Å². The van der Waals surface area contributed by atoms with Crippen LogP contribution in [-0.2, 0) is 12.3 Å². The van der Waals surface area contributed by atoms with E-state index in [9.17, 15) is 0 Å². The van der Waals surface area contributed by atoms with Crippen molar-refractivity contribution in [1.29, 1.82) is 0 Å². The van der Waals surface area contributed by atoms with Gasteiger partial charge in [-0.3, -0.25) is 0 Å². The molecule has 0 spiro atoms. The molecule has 0 unspecified atom stereocenters. The van der Waals surface area contributed by atoms with Crippen LogP contribution >= 0.6 is 39.0 Å². The van der Waals surface area contributed by atoms with Gasteiger partial charge in [0, 0.05) is 27.7 Å². The predicted molar refractivity (Wildman–Crippen MR) is 80.4 cm³/mol. The molecule has 5 nitrogen and oxygen atoms in total. The van der Waals surface area contributed by atoms with Crippen molar-refractivity contribution in [2.75, 3.05) is 6.54 Å². The fourth-order valence-corrected chi connectivity index (χ4v) is 4.36. The number of tetrazole rings is 1. The first-order valence-corrected chi connectivity index (χ1v) is 8.83. The Hall–Kier alpha value is -0.440. The van der Waals surface area contributed by atoms with Gasteiger partial charge in [-0.05, 0) is 50.6 Å². The fraction of sp³-hybridized carbons (Fsp3) is 0.545. The first kappa shape index (κ1) is 13.5. The molecule has 0 atom stereocenters. The minimum absolute atomic E-state index is 0.731. The van der Waals surface area contributed by atoms with Crippen LogP contribution in [-0.4, -0.2) is 32.8 Å². The van der Waals surface area contributed by atoms with Crippen molar-refractivity contribution in [2.24, 2.45) is 0 Å². The molecule has 0 bridgehead atoms. The van der Waals surface area contributed by atoms with Crippen LogP contribution < -0.4 is 5.32 Å². The molecular formula is C11H14BrN5S2. The molecule has 0 saturated heterocycles. The SMILES string of the molecule is Brc1ccsc1CSc1nnnn1CCNC1CC1. The van der Waals surface area contributed by atoms with Crippen LogP contribution in [0, 0.1) is 0 Å². The molecular weight excluding hydrogens is 346 g/mol. The lowest BCUT2D eigenvalue weighted by Gasteiger charge is -2.04. The largest absolute Gasteiger partial charge is 0.312 e. The van der Waals surface area contributed by atoms with E-state index < -0.39 is 0 Å². The lowest BCUT2D eigenvalue weighted by atomic mass is 10.5. The van der Waals surface area contributed by atoms with Crippen molar-refractivity contribution in [3.63, 3.8) is 0 Å². The highest BCUT2D eigenvalue weighted by molar-refractivity contribution is 9.10. The van der Waals surface area contributed by atoms with Crippen molar-refractivity contribution in [3.05, 3.63) is 20.8 Å². The van der Waals surface area contributed by atoms with Crippen LogP contribution in [0.25, 0.3) is 0 Å². The lowest BCUT2D eigenvalue weighted by molar-refractivity contribution is 0.509. The topological polar surface area (TPSA) is 55.6 Å². The summed E-state index contributed by atoms with van der Waals surface area (Å²) in [6.07, 6.45) is 2.62. The Bertz CT molecular complexity index is 537. The van der Waals surface area contributed by atoms with E-state index in [1.54, 1.807) is 23.1 Å². The molecule has 1 aliphatic rings. The van der Waals surface area contributed by atoms with Crippen LogP contribution in [0.2, 0.25) is 0 Å². The van der Waals surface area contributed by atoms with E-state index in [1.807, 2.05) is 4.68 Å². The van der Waals surface area contributed by atoms with Gasteiger partial charge in [0.15, 0.2) is 0 Å². The minimum atomic E-state index is 0.731. The van der Waals surface area contributed by atoms with E-state index in [4.69, 9.17) is 0 Å². The third kappa shape index (κ3) is 3.77. The summed E-state index contributed by atoms with van der Waals surface area (Å²) in [6.45, 7) is 1.77. The van der Waals surface area contributed by atoms with Gasteiger partial charge in [-0.1, -0.05) is 11.8 Å². The molecule has 2 heterocycles. The van der Waals surface area contributed by atoms with Crippen LogP contribution in [0.3, 0.4) is 0 Å². The van der Waals surface area contributed by atoms with Gasteiger partial charge < -0.3 is 5.32 Å². The molecule has 102 valence electrons. The van der Waals surface area contributed by atoms with Crippen molar-refractivity contribution in [2.45, 2.75) is 36.3 Å². The van der Waals surface area contributed by atoms with E-state index in [0.29, 0.717) is 0 Å². The summed E-state index contributed by atoms with van der Waals surface area (Å²) < 4.78 is 3.04. The lowest BCUT2D eigenvalue weighted by Crippen LogP contribution is -2.22. The maximum atomic E-state index is 4.09. The number of nitrogens with one attached hydrogen (secondary N) is 1. The Balaban J connectivity index is 1.52. The monoisotopic (exact) mass is 359 g/mol. The highest BCUT2D eigenvalue weighted by atomic mass is 79.9. The number of aromatic nitrogens is 4. The second-order valence-electron chi connectivity index (χ2n) is 4.39. The van der Waals surface area contributed by atoms with Gasteiger partial charge in [0.2, 0.25) is 5.16 Å². The summed E-state index contributed by atoms with van der Waals surface area (Å²) in [7, 11) is 0. The van der Waals surface area contributed by atoms with Gasteiger partial charge >= 0.3 is 0 Å². The molecule has 0 radical (unpaired) electrons. The summed E-state index contributed by atoms with van der Waals surface area (Å²) >= 11 is 6.97. The van der Waals surface area contributed by atoms with Gasteiger partial charge in [0.1, 0.15) is 0 Å². The number of hydrogen-bond donors (Lipinski definition) is 1. The second kappa shape index (κ2) is 6.34. The second-order valence-corrected chi connectivity index (χ2v) is 7.19. The molecule has 1 saturated carbocycles. The van der Waals surface area contributed by atoms with Crippen molar-refractivity contribution >= 4 is 39.0 Å². The minimum Gasteiger partial charge on any atom is -0.312 e. The average Bonchev–Trinajstić information content (AvgIpc) is 2.97. The van der Waals surface area contributed by atoms with E-state index in [-0.39, 0.29) is 0 Å². The number of halogens is 1. The quantitative estimate of drug-likeness (QED) is 0.769. The summed E-state index contributed by atoms with van der Waals surface area (Å²) in [5.41, 5.74) is 0. The maximum absolute atomic E-state index is 4.09.